The largest absolute Gasteiger partial charge is 0.300 e. The quantitative estimate of drug-likeness (QED) is 0.223. The van der Waals surface area contributed by atoms with E-state index < -0.39 is 0 Å². The smallest absolute Gasteiger partial charge is 0.197 e. The normalized spacial score (nSPS) is 12.6. The van der Waals surface area contributed by atoms with Gasteiger partial charge in [-0.2, -0.15) is 0 Å². The zero-order valence-electron chi connectivity index (χ0n) is 19.6. The molecule has 0 unspecified atom stereocenters. The van der Waals surface area contributed by atoms with Crippen LogP contribution in [0.3, 0.4) is 0 Å². The molecule has 0 saturated heterocycles. The van der Waals surface area contributed by atoms with E-state index in [0.717, 1.165) is 38.5 Å². The SMILES string of the molecule is CC[C@H](c1nnc(Sc2nc(C)nc3scc(-c4cccs4)c23)n1Cc1ccccc1)N(C)C. The molecule has 0 fully saturated rings. The Morgan fingerprint density at radius 2 is 1.85 bits per heavy atom. The van der Waals surface area contributed by atoms with Crippen LogP contribution in [-0.2, 0) is 6.54 Å². The third kappa shape index (κ3) is 4.53. The van der Waals surface area contributed by atoms with Crippen molar-refractivity contribution in [3.8, 4) is 10.4 Å². The molecular formula is C25H26N6S3. The first-order valence-electron chi connectivity index (χ1n) is 11.2. The molecule has 5 rings (SSSR count). The molecule has 0 radical (unpaired) electrons. The number of hydrogen-bond donors (Lipinski definition) is 0. The van der Waals surface area contributed by atoms with Crippen LogP contribution in [0.2, 0.25) is 0 Å². The lowest BCUT2D eigenvalue weighted by molar-refractivity contribution is 0.272. The van der Waals surface area contributed by atoms with Crippen molar-refractivity contribution >= 4 is 44.7 Å². The third-order valence-electron chi connectivity index (χ3n) is 5.72. The van der Waals surface area contributed by atoms with Crippen molar-refractivity contribution in [1.29, 1.82) is 0 Å². The van der Waals surface area contributed by atoms with Crippen LogP contribution in [0.1, 0.15) is 36.6 Å². The van der Waals surface area contributed by atoms with Crippen LogP contribution >= 0.6 is 34.4 Å². The highest BCUT2D eigenvalue weighted by Gasteiger charge is 2.24. The van der Waals surface area contributed by atoms with E-state index in [9.17, 15) is 0 Å². The molecule has 9 heteroatoms. The molecule has 4 heterocycles. The molecule has 0 N–H and O–H groups in total. The number of rotatable bonds is 8. The Morgan fingerprint density at radius 1 is 1.03 bits per heavy atom. The fourth-order valence-corrected chi connectivity index (χ4v) is 6.98. The van der Waals surface area contributed by atoms with Crippen LogP contribution < -0.4 is 0 Å². The van der Waals surface area contributed by atoms with Crippen molar-refractivity contribution < 1.29 is 0 Å². The van der Waals surface area contributed by atoms with Gasteiger partial charge in [-0.15, -0.1) is 32.9 Å². The molecule has 0 bridgehead atoms. The molecule has 0 amide bonds. The summed E-state index contributed by atoms with van der Waals surface area (Å²) in [4.78, 5) is 14.0. The van der Waals surface area contributed by atoms with E-state index >= 15 is 0 Å². The molecule has 6 nitrogen and oxygen atoms in total. The monoisotopic (exact) mass is 506 g/mol. The molecular weight excluding hydrogens is 481 g/mol. The zero-order chi connectivity index (χ0) is 23.7. The Hall–Kier alpha value is -2.59. The first-order valence-corrected chi connectivity index (χ1v) is 13.7. The van der Waals surface area contributed by atoms with Gasteiger partial charge >= 0.3 is 0 Å². The minimum absolute atomic E-state index is 0.181. The van der Waals surface area contributed by atoms with Gasteiger partial charge in [0.15, 0.2) is 11.0 Å². The fraction of sp³-hybridized carbons (Fsp3) is 0.280. The van der Waals surface area contributed by atoms with E-state index in [1.165, 1.54) is 16.0 Å². The Morgan fingerprint density at radius 3 is 2.56 bits per heavy atom. The number of hydrogen-bond acceptors (Lipinski definition) is 8. The molecule has 0 saturated carbocycles. The van der Waals surface area contributed by atoms with Gasteiger partial charge in [0.05, 0.1) is 18.0 Å². The maximum absolute atomic E-state index is 4.87. The van der Waals surface area contributed by atoms with Crippen molar-refractivity contribution in [2.45, 2.75) is 43.0 Å². The third-order valence-corrected chi connectivity index (χ3v) is 8.47. The van der Waals surface area contributed by atoms with Crippen LogP contribution in [0.4, 0.5) is 0 Å². The maximum Gasteiger partial charge on any atom is 0.197 e. The van der Waals surface area contributed by atoms with Gasteiger partial charge in [-0.3, -0.25) is 9.47 Å². The van der Waals surface area contributed by atoms with Crippen LogP contribution in [-0.4, -0.2) is 43.7 Å². The summed E-state index contributed by atoms with van der Waals surface area (Å²) >= 11 is 4.99. The molecule has 1 aromatic carbocycles. The molecule has 0 spiro atoms. The molecule has 174 valence electrons. The van der Waals surface area contributed by atoms with E-state index in [-0.39, 0.29) is 6.04 Å². The Balaban J connectivity index is 1.62. The van der Waals surface area contributed by atoms with Crippen molar-refractivity contribution in [2.24, 2.45) is 0 Å². The highest BCUT2D eigenvalue weighted by atomic mass is 32.2. The second-order valence-corrected chi connectivity index (χ2v) is 11.0. The summed E-state index contributed by atoms with van der Waals surface area (Å²) in [5.41, 5.74) is 2.41. The zero-order valence-corrected chi connectivity index (χ0v) is 22.0. The maximum atomic E-state index is 4.87. The van der Waals surface area contributed by atoms with Gasteiger partial charge < -0.3 is 0 Å². The van der Waals surface area contributed by atoms with E-state index in [1.807, 2.05) is 13.0 Å². The lowest BCUT2D eigenvalue weighted by Gasteiger charge is -2.23. The molecule has 4 aromatic heterocycles. The highest BCUT2D eigenvalue weighted by molar-refractivity contribution is 7.99. The topological polar surface area (TPSA) is 59.7 Å². The van der Waals surface area contributed by atoms with Gasteiger partial charge in [0, 0.05) is 15.8 Å². The number of fused-ring (bicyclic) bond motifs is 1. The van der Waals surface area contributed by atoms with Crippen LogP contribution in [0.25, 0.3) is 20.7 Å². The van der Waals surface area contributed by atoms with Crippen molar-refractivity contribution in [3.05, 3.63) is 70.4 Å². The Labute approximate surface area is 211 Å². The first-order chi connectivity index (χ1) is 16.5. The Kier molecular flexibility index (Phi) is 6.78. The molecule has 5 aromatic rings. The van der Waals surface area contributed by atoms with Gasteiger partial charge in [-0.05, 0) is 56.2 Å². The van der Waals surface area contributed by atoms with Crippen molar-refractivity contribution in [1.82, 2.24) is 29.6 Å². The van der Waals surface area contributed by atoms with E-state index in [4.69, 9.17) is 9.97 Å². The molecule has 0 aliphatic heterocycles. The lowest BCUT2D eigenvalue weighted by atomic mass is 10.2. The Bertz CT molecular complexity index is 1390. The van der Waals surface area contributed by atoms with Gasteiger partial charge in [0.1, 0.15) is 15.7 Å². The van der Waals surface area contributed by atoms with Gasteiger partial charge in [0.25, 0.3) is 0 Å². The van der Waals surface area contributed by atoms with Crippen molar-refractivity contribution in [2.75, 3.05) is 14.1 Å². The molecule has 34 heavy (non-hydrogen) atoms. The minimum Gasteiger partial charge on any atom is -0.300 e. The average Bonchev–Trinajstić information content (AvgIpc) is 3.56. The number of nitrogens with zero attached hydrogens (tertiary/aromatic N) is 6. The van der Waals surface area contributed by atoms with Gasteiger partial charge in [0.2, 0.25) is 0 Å². The second-order valence-electron chi connectivity index (χ2n) is 8.29. The standard InChI is InChI=1S/C25H26N6S3/c1-5-19(30(3)4)22-28-29-25(31(22)14-17-10-7-6-8-11-17)34-24-21-18(20-12-9-13-32-20)15-33-23(21)26-16(2)27-24/h6-13,15,19H,5,14H2,1-4H3/t19-/m1/s1. The van der Waals surface area contributed by atoms with Crippen LogP contribution in [0.5, 0.6) is 0 Å². The predicted octanol–water partition coefficient (Wildman–Crippen LogP) is 6.53. The average molecular weight is 507 g/mol. The van der Waals surface area contributed by atoms with Crippen molar-refractivity contribution in [3.63, 3.8) is 0 Å². The summed E-state index contributed by atoms with van der Waals surface area (Å²) < 4.78 is 2.24. The van der Waals surface area contributed by atoms with E-state index in [0.29, 0.717) is 6.54 Å². The fourth-order valence-electron chi connectivity index (χ4n) is 4.10. The van der Waals surface area contributed by atoms with E-state index in [2.05, 4.69) is 87.8 Å². The van der Waals surface area contributed by atoms with Crippen LogP contribution in [0, 0.1) is 6.92 Å². The summed E-state index contributed by atoms with van der Waals surface area (Å²) in [5.74, 6) is 1.74. The lowest BCUT2D eigenvalue weighted by Crippen LogP contribution is -2.23. The molecule has 0 aliphatic rings. The number of thiophene rings is 2. The predicted molar refractivity (Wildman–Crippen MR) is 142 cm³/mol. The molecule has 0 aliphatic carbocycles. The minimum atomic E-state index is 0.181. The second kappa shape index (κ2) is 9.95. The summed E-state index contributed by atoms with van der Waals surface area (Å²) in [6.45, 7) is 4.85. The summed E-state index contributed by atoms with van der Waals surface area (Å²) in [5, 5.41) is 16.5. The summed E-state index contributed by atoms with van der Waals surface area (Å²) in [7, 11) is 4.19. The summed E-state index contributed by atoms with van der Waals surface area (Å²) in [6, 6.07) is 14.9. The van der Waals surface area contributed by atoms with Crippen LogP contribution in [0.15, 0.2) is 63.4 Å². The van der Waals surface area contributed by atoms with Gasteiger partial charge in [-0.25, -0.2) is 9.97 Å². The summed E-state index contributed by atoms with van der Waals surface area (Å²) in [6.07, 6.45) is 0.953. The number of benzene rings is 1. The first kappa shape index (κ1) is 23.2. The molecule has 1 atom stereocenters. The number of aryl methyl sites for hydroxylation is 1. The highest BCUT2D eigenvalue weighted by Crippen LogP contribution is 2.42. The number of aromatic nitrogens is 5. The van der Waals surface area contributed by atoms with E-state index in [1.54, 1.807) is 34.4 Å². The van der Waals surface area contributed by atoms with Gasteiger partial charge in [-0.1, -0.05) is 43.3 Å².